The van der Waals surface area contributed by atoms with Crippen LogP contribution in [0, 0.1) is 5.92 Å². The van der Waals surface area contributed by atoms with Crippen molar-refractivity contribution < 1.29 is 4.74 Å². The fraction of sp³-hybridized carbons (Fsp3) is 0.643. The van der Waals surface area contributed by atoms with Crippen molar-refractivity contribution in [3.8, 4) is 0 Å². The Morgan fingerprint density at radius 2 is 2.33 bits per heavy atom. The van der Waals surface area contributed by atoms with Gasteiger partial charge in [-0.15, -0.1) is 0 Å². The summed E-state index contributed by atoms with van der Waals surface area (Å²) in [6.07, 6.45) is 6.39. The van der Waals surface area contributed by atoms with Crippen molar-refractivity contribution in [1.29, 1.82) is 0 Å². The number of hydrogen-bond donors (Lipinski definition) is 1. The maximum atomic E-state index is 5.81. The van der Waals surface area contributed by atoms with Gasteiger partial charge in [0.15, 0.2) is 0 Å². The van der Waals surface area contributed by atoms with E-state index in [1.165, 1.54) is 18.5 Å². The van der Waals surface area contributed by atoms with Crippen LogP contribution in [0.15, 0.2) is 18.5 Å². The highest BCUT2D eigenvalue weighted by atomic mass is 16.5. The van der Waals surface area contributed by atoms with Crippen LogP contribution in [0.2, 0.25) is 0 Å². The van der Waals surface area contributed by atoms with Crippen LogP contribution >= 0.6 is 0 Å². The first-order valence-electron chi connectivity index (χ1n) is 6.66. The number of hydrogen-bond acceptors (Lipinski definition) is 4. The second-order valence-corrected chi connectivity index (χ2v) is 4.97. The number of rotatable bonds is 7. The lowest BCUT2D eigenvalue weighted by Crippen LogP contribution is -2.38. The van der Waals surface area contributed by atoms with Crippen molar-refractivity contribution in [2.75, 3.05) is 25.2 Å². The molecule has 0 bridgehead atoms. The molecule has 0 radical (unpaired) electrons. The van der Waals surface area contributed by atoms with E-state index in [1.54, 1.807) is 7.11 Å². The van der Waals surface area contributed by atoms with Crippen LogP contribution < -0.4 is 10.6 Å². The minimum atomic E-state index is 0.532. The predicted molar refractivity (Wildman–Crippen MR) is 73.5 cm³/mol. The summed E-state index contributed by atoms with van der Waals surface area (Å²) in [6, 6.07) is 2.62. The van der Waals surface area contributed by atoms with Gasteiger partial charge in [0.2, 0.25) is 0 Å². The van der Waals surface area contributed by atoms with E-state index >= 15 is 0 Å². The van der Waals surface area contributed by atoms with Crippen LogP contribution in [0.5, 0.6) is 0 Å². The molecule has 1 fully saturated rings. The van der Waals surface area contributed by atoms with E-state index in [1.807, 2.05) is 12.4 Å². The number of nitrogens with two attached hydrogens (primary N) is 1. The van der Waals surface area contributed by atoms with Gasteiger partial charge in [0, 0.05) is 49.9 Å². The van der Waals surface area contributed by atoms with E-state index in [4.69, 9.17) is 10.5 Å². The van der Waals surface area contributed by atoms with E-state index in [0.29, 0.717) is 12.6 Å². The van der Waals surface area contributed by atoms with Gasteiger partial charge in [-0.1, -0.05) is 0 Å². The zero-order chi connectivity index (χ0) is 13.0. The highest BCUT2D eigenvalue weighted by Gasteiger charge is 2.32. The Morgan fingerprint density at radius 3 is 2.94 bits per heavy atom. The molecule has 1 atom stereocenters. The predicted octanol–water partition coefficient (Wildman–Crippen LogP) is 1.79. The molecule has 18 heavy (non-hydrogen) atoms. The highest BCUT2D eigenvalue weighted by molar-refractivity contribution is 5.53. The Morgan fingerprint density at radius 1 is 1.56 bits per heavy atom. The van der Waals surface area contributed by atoms with Crippen molar-refractivity contribution in [2.24, 2.45) is 11.7 Å². The van der Waals surface area contributed by atoms with E-state index in [2.05, 4.69) is 22.9 Å². The standard InChI is InChI=1S/C14H23N3O/c1-11(12-3-4-12)17(7-8-18-2)14-5-6-16-10-13(14)9-15/h5-6,10-12H,3-4,7-9,15H2,1-2H3. The van der Waals surface area contributed by atoms with E-state index in [0.717, 1.165) is 24.6 Å². The van der Waals surface area contributed by atoms with Gasteiger partial charge >= 0.3 is 0 Å². The average Bonchev–Trinajstić information content (AvgIpc) is 3.23. The van der Waals surface area contributed by atoms with Gasteiger partial charge in [-0.05, 0) is 31.7 Å². The number of anilines is 1. The largest absolute Gasteiger partial charge is 0.383 e. The maximum Gasteiger partial charge on any atom is 0.0637 e. The molecule has 2 N–H and O–H groups in total. The molecule has 4 heteroatoms. The molecule has 1 aromatic rings. The summed E-state index contributed by atoms with van der Waals surface area (Å²) >= 11 is 0. The lowest BCUT2D eigenvalue weighted by atomic mass is 10.1. The smallest absolute Gasteiger partial charge is 0.0637 e. The van der Waals surface area contributed by atoms with Gasteiger partial charge in [-0.25, -0.2) is 0 Å². The van der Waals surface area contributed by atoms with Gasteiger partial charge in [-0.2, -0.15) is 0 Å². The number of nitrogens with zero attached hydrogens (tertiary/aromatic N) is 2. The molecule has 1 heterocycles. The molecule has 1 unspecified atom stereocenters. The minimum absolute atomic E-state index is 0.532. The van der Waals surface area contributed by atoms with Gasteiger partial charge in [-0.3, -0.25) is 4.98 Å². The van der Waals surface area contributed by atoms with Crippen LogP contribution in [0.4, 0.5) is 5.69 Å². The molecular formula is C14H23N3O. The summed E-state index contributed by atoms with van der Waals surface area (Å²) in [7, 11) is 1.75. The van der Waals surface area contributed by atoms with Crippen LogP contribution in [-0.4, -0.2) is 31.3 Å². The topological polar surface area (TPSA) is 51.4 Å². The van der Waals surface area contributed by atoms with Crippen LogP contribution in [0.1, 0.15) is 25.3 Å². The molecule has 2 rings (SSSR count). The molecule has 1 saturated carbocycles. The fourth-order valence-corrected chi connectivity index (χ4v) is 2.42. The molecule has 1 aliphatic carbocycles. The molecule has 0 spiro atoms. The van der Waals surface area contributed by atoms with Crippen molar-refractivity contribution in [1.82, 2.24) is 4.98 Å². The number of ether oxygens (including phenoxy) is 1. The summed E-state index contributed by atoms with van der Waals surface area (Å²) in [5, 5.41) is 0. The van der Waals surface area contributed by atoms with E-state index in [-0.39, 0.29) is 0 Å². The van der Waals surface area contributed by atoms with Crippen LogP contribution in [0.25, 0.3) is 0 Å². The van der Waals surface area contributed by atoms with Crippen molar-refractivity contribution in [3.05, 3.63) is 24.0 Å². The molecule has 0 saturated heterocycles. The van der Waals surface area contributed by atoms with Crippen LogP contribution in [-0.2, 0) is 11.3 Å². The lowest BCUT2D eigenvalue weighted by molar-refractivity contribution is 0.202. The van der Waals surface area contributed by atoms with E-state index < -0.39 is 0 Å². The molecule has 0 aromatic carbocycles. The van der Waals surface area contributed by atoms with Gasteiger partial charge in [0.05, 0.1) is 6.61 Å². The second kappa shape index (κ2) is 6.16. The summed E-state index contributed by atoms with van der Waals surface area (Å²) in [6.45, 7) is 4.48. The molecule has 0 amide bonds. The number of methoxy groups -OCH3 is 1. The number of aromatic nitrogens is 1. The van der Waals surface area contributed by atoms with Gasteiger partial charge in [0.1, 0.15) is 0 Å². The fourth-order valence-electron chi connectivity index (χ4n) is 2.42. The first-order chi connectivity index (χ1) is 8.77. The molecule has 4 nitrogen and oxygen atoms in total. The Bertz CT molecular complexity index is 379. The zero-order valence-electron chi connectivity index (χ0n) is 11.3. The van der Waals surface area contributed by atoms with Crippen molar-refractivity contribution >= 4 is 5.69 Å². The molecule has 100 valence electrons. The SMILES string of the molecule is COCCN(c1ccncc1CN)C(C)C1CC1. The summed E-state index contributed by atoms with van der Waals surface area (Å²) < 4.78 is 5.23. The van der Waals surface area contributed by atoms with Crippen molar-refractivity contribution in [2.45, 2.75) is 32.4 Å². The molecule has 0 aliphatic heterocycles. The lowest BCUT2D eigenvalue weighted by Gasteiger charge is -2.32. The van der Waals surface area contributed by atoms with Crippen molar-refractivity contribution in [3.63, 3.8) is 0 Å². The Labute approximate surface area is 109 Å². The van der Waals surface area contributed by atoms with Crippen LogP contribution in [0.3, 0.4) is 0 Å². The van der Waals surface area contributed by atoms with Gasteiger partial charge in [0.25, 0.3) is 0 Å². The Hall–Kier alpha value is -1.13. The molecule has 1 aromatic heterocycles. The Kier molecular flexibility index (Phi) is 4.55. The summed E-state index contributed by atoms with van der Waals surface area (Å²) in [5.41, 5.74) is 8.14. The minimum Gasteiger partial charge on any atom is -0.383 e. The third-order valence-corrected chi connectivity index (χ3v) is 3.74. The van der Waals surface area contributed by atoms with E-state index in [9.17, 15) is 0 Å². The number of pyridine rings is 1. The molecular weight excluding hydrogens is 226 g/mol. The highest BCUT2D eigenvalue weighted by Crippen LogP contribution is 2.37. The monoisotopic (exact) mass is 249 g/mol. The molecule has 1 aliphatic rings. The quantitative estimate of drug-likeness (QED) is 0.800. The third-order valence-electron chi connectivity index (χ3n) is 3.74. The van der Waals surface area contributed by atoms with Gasteiger partial charge < -0.3 is 15.4 Å². The normalized spacial score (nSPS) is 16.6. The third kappa shape index (κ3) is 3.00. The first kappa shape index (κ1) is 13.3. The first-order valence-corrected chi connectivity index (χ1v) is 6.66. The second-order valence-electron chi connectivity index (χ2n) is 4.97. The maximum absolute atomic E-state index is 5.81. The zero-order valence-corrected chi connectivity index (χ0v) is 11.3. The Balaban J connectivity index is 2.20. The average molecular weight is 249 g/mol. The summed E-state index contributed by atoms with van der Waals surface area (Å²) in [4.78, 5) is 6.58. The summed E-state index contributed by atoms with van der Waals surface area (Å²) in [5.74, 6) is 0.820.